The largest absolute Gasteiger partial charge is 0.492 e. The van der Waals surface area contributed by atoms with Crippen LogP contribution in [0, 0.1) is 19.7 Å². The van der Waals surface area contributed by atoms with Gasteiger partial charge in [-0.2, -0.15) is 5.10 Å². The third-order valence-electron chi connectivity index (χ3n) is 5.98. The number of hydrogen-bond donors (Lipinski definition) is 1. The van der Waals surface area contributed by atoms with Crippen LogP contribution >= 0.6 is 0 Å². The second-order valence-corrected chi connectivity index (χ2v) is 9.05. The number of nitrogens with zero attached hydrogens (tertiary/aromatic N) is 5. The number of pyridine rings is 1. The van der Waals surface area contributed by atoms with Crippen LogP contribution in [0.2, 0.25) is 0 Å². The Bertz CT molecular complexity index is 1050. The summed E-state index contributed by atoms with van der Waals surface area (Å²) in [5, 5.41) is 15.5. The van der Waals surface area contributed by atoms with Gasteiger partial charge in [0.1, 0.15) is 24.0 Å². The summed E-state index contributed by atoms with van der Waals surface area (Å²) in [7, 11) is 2.01. The van der Waals surface area contributed by atoms with E-state index < -0.39 is 5.60 Å². The van der Waals surface area contributed by atoms with Gasteiger partial charge in [-0.25, -0.2) is 9.37 Å². The molecule has 0 amide bonds. The van der Waals surface area contributed by atoms with Crippen LogP contribution in [0.4, 0.5) is 10.2 Å². The summed E-state index contributed by atoms with van der Waals surface area (Å²) in [4.78, 5) is 8.26. The molecule has 2 aromatic heterocycles. The van der Waals surface area contributed by atoms with Gasteiger partial charge >= 0.3 is 0 Å². The summed E-state index contributed by atoms with van der Waals surface area (Å²) in [5.41, 5.74) is 2.48. The van der Waals surface area contributed by atoms with Crippen LogP contribution in [0.25, 0.3) is 0 Å². The number of likely N-dealkylation sites (N-methyl/N-ethyl adjacent to an activating group) is 1. The Labute approximate surface area is 194 Å². The molecule has 1 aliphatic rings. The van der Waals surface area contributed by atoms with Gasteiger partial charge in [0.2, 0.25) is 0 Å². The molecule has 1 N–H and O–H groups in total. The molecule has 0 bridgehead atoms. The monoisotopic (exact) mass is 453 g/mol. The number of aliphatic hydroxyl groups is 1. The van der Waals surface area contributed by atoms with E-state index in [1.807, 2.05) is 42.6 Å². The summed E-state index contributed by atoms with van der Waals surface area (Å²) in [6, 6.07) is 13.2. The summed E-state index contributed by atoms with van der Waals surface area (Å²) in [5.74, 6) is 1.18. The topological polar surface area (TPSA) is 66.7 Å². The third kappa shape index (κ3) is 6.09. The Balaban J connectivity index is 1.24. The predicted molar refractivity (Wildman–Crippen MR) is 126 cm³/mol. The second kappa shape index (κ2) is 9.89. The van der Waals surface area contributed by atoms with Gasteiger partial charge < -0.3 is 14.7 Å². The molecule has 3 aromatic rings. The highest BCUT2D eigenvalue weighted by molar-refractivity contribution is 5.40. The normalized spacial score (nSPS) is 18.3. The van der Waals surface area contributed by atoms with Gasteiger partial charge in [-0.15, -0.1) is 0 Å². The van der Waals surface area contributed by atoms with Crippen LogP contribution in [0.5, 0.6) is 5.75 Å². The highest BCUT2D eigenvalue weighted by Gasteiger charge is 2.37. The number of aromatic nitrogens is 3. The highest BCUT2D eigenvalue weighted by Crippen LogP contribution is 2.26. The Morgan fingerprint density at radius 3 is 2.64 bits per heavy atom. The van der Waals surface area contributed by atoms with Crippen molar-refractivity contribution in [1.82, 2.24) is 19.7 Å². The van der Waals surface area contributed by atoms with Gasteiger partial charge in [0, 0.05) is 31.9 Å². The lowest BCUT2D eigenvalue weighted by Crippen LogP contribution is -2.43. The quantitative estimate of drug-likeness (QED) is 0.537. The number of ether oxygens (including phenoxy) is 1. The lowest BCUT2D eigenvalue weighted by atomic mass is 10.0. The number of halogens is 1. The van der Waals surface area contributed by atoms with E-state index >= 15 is 0 Å². The number of β-amino-alcohol motifs (C(OH)–C–C–N with tert-alkyl or cyclic N) is 1. The van der Waals surface area contributed by atoms with Crippen LogP contribution in [0.15, 0.2) is 48.7 Å². The van der Waals surface area contributed by atoms with E-state index in [9.17, 15) is 9.50 Å². The molecular weight excluding hydrogens is 421 g/mol. The zero-order valence-corrected chi connectivity index (χ0v) is 19.5. The van der Waals surface area contributed by atoms with Crippen molar-refractivity contribution >= 4 is 5.82 Å². The molecule has 1 aromatic carbocycles. The highest BCUT2D eigenvalue weighted by atomic mass is 19.1. The summed E-state index contributed by atoms with van der Waals surface area (Å²) in [6.45, 7) is 7.77. The molecule has 3 heterocycles. The van der Waals surface area contributed by atoms with Gasteiger partial charge in [-0.1, -0.05) is 12.1 Å². The van der Waals surface area contributed by atoms with Crippen molar-refractivity contribution in [2.24, 2.45) is 0 Å². The lowest BCUT2D eigenvalue weighted by Gasteiger charge is -2.29. The molecule has 0 spiro atoms. The molecule has 7 nitrogen and oxygen atoms in total. The standard InChI is InChI=1S/C25H32FN5O2/c1-19-14-20(2)31(28-19)12-13-33-23-7-4-21(5-8-23)16-29(3)17-25(32)10-11-30(18-25)24-9-6-22(26)15-27-24/h4-9,14-15,32H,10-13,16-18H2,1-3H3/t25-/m1/s1. The van der Waals surface area contributed by atoms with Crippen LogP contribution in [0.3, 0.4) is 0 Å². The number of benzene rings is 1. The molecule has 1 atom stereocenters. The van der Waals surface area contributed by atoms with Crippen LogP contribution in [0.1, 0.15) is 23.4 Å². The Morgan fingerprint density at radius 1 is 1.18 bits per heavy atom. The molecule has 0 radical (unpaired) electrons. The van der Waals surface area contributed by atoms with E-state index in [4.69, 9.17) is 4.74 Å². The average Bonchev–Trinajstić information content (AvgIpc) is 3.31. The molecule has 4 rings (SSSR count). The Hall–Kier alpha value is -2.97. The molecular formula is C25H32FN5O2. The van der Waals surface area contributed by atoms with Crippen LogP contribution in [-0.4, -0.2) is 63.7 Å². The maximum Gasteiger partial charge on any atom is 0.141 e. The van der Waals surface area contributed by atoms with Crippen molar-refractivity contribution in [2.45, 2.75) is 39.0 Å². The van der Waals surface area contributed by atoms with Gasteiger partial charge in [0.25, 0.3) is 0 Å². The zero-order valence-electron chi connectivity index (χ0n) is 19.5. The van der Waals surface area contributed by atoms with Gasteiger partial charge in [0.05, 0.1) is 24.0 Å². The molecule has 33 heavy (non-hydrogen) atoms. The molecule has 1 saturated heterocycles. The van der Waals surface area contributed by atoms with Crippen molar-refractivity contribution in [3.8, 4) is 5.75 Å². The van der Waals surface area contributed by atoms with Crippen molar-refractivity contribution in [1.29, 1.82) is 0 Å². The molecule has 176 valence electrons. The maximum atomic E-state index is 13.1. The zero-order chi connectivity index (χ0) is 23.4. The maximum absolute atomic E-state index is 13.1. The van der Waals surface area contributed by atoms with E-state index in [1.54, 1.807) is 6.07 Å². The first kappa shape index (κ1) is 23.2. The minimum atomic E-state index is -0.823. The van der Waals surface area contributed by atoms with Crippen LogP contribution < -0.4 is 9.64 Å². The van der Waals surface area contributed by atoms with Gasteiger partial charge in [-0.3, -0.25) is 9.58 Å². The van der Waals surface area contributed by atoms with Gasteiger partial charge in [-0.05, 0) is 63.2 Å². The molecule has 1 fully saturated rings. The first-order valence-corrected chi connectivity index (χ1v) is 11.3. The first-order valence-electron chi connectivity index (χ1n) is 11.3. The summed E-state index contributed by atoms with van der Waals surface area (Å²) < 4.78 is 21.0. The smallest absolute Gasteiger partial charge is 0.141 e. The SMILES string of the molecule is Cc1cc(C)n(CCOc2ccc(CN(C)C[C@]3(O)CCN(c4ccc(F)cn4)C3)cc2)n1. The molecule has 1 aliphatic heterocycles. The minimum absolute atomic E-state index is 0.354. The molecule has 0 unspecified atom stereocenters. The second-order valence-electron chi connectivity index (χ2n) is 9.05. The van der Waals surface area contributed by atoms with Crippen molar-refractivity contribution in [3.05, 3.63) is 71.4 Å². The lowest BCUT2D eigenvalue weighted by molar-refractivity contribution is 0.0279. The van der Waals surface area contributed by atoms with E-state index in [-0.39, 0.29) is 5.82 Å². The van der Waals surface area contributed by atoms with Gasteiger partial charge in [0.15, 0.2) is 0 Å². The Kier molecular flexibility index (Phi) is 6.95. The third-order valence-corrected chi connectivity index (χ3v) is 5.98. The fourth-order valence-electron chi connectivity index (χ4n) is 4.45. The summed E-state index contributed by atoms with van der Waals surface area (Å²) >= 11 is 0. The van der Waals surface area contributed by atoms with Crippen molar-refractivity contribution < 1.29 is 14.2 Å². The van der Waals surface area contributed by atoms with E-state index in [0.717, 1.165) is 29.2 Å². The number of hydrogen-bond acceptors (Lipinski definition) is 6. The summed E-state index contributed by atoms with van der Waals surface area (Å²) in [6.07, 6.45) is 1.87. The molecule has 0 saturated carbocycles. The first-order chi connectivity index (χ1) is 15.8. The van der Waals surface area contributed by atoms with E-state index in [0.29, 0.717) is 45.0 Å². The average molecular weight is 454 g/mol. The minimum Gasteiger partial charge on any atom is -0.492 e. The molecule has 0 aliphatic carbocycles. The van der Waals surface area contributed by atoms with Crippen LogP contribution in [-0.2, 0) is 13.1 Å². The van der Waals surface area contributed by atoms with Crippen molar-refractivity contribution in [2.75, 3.05) is 38.2 Å². The number of rotatable bonds is 9. The fraction of sp³-hybridized carbons (Fsp3) is 0.440. The number of anilines is 1. The molecule has 8 heteroatoms. The Morgan fingerprint density at radius 2 is 1.97 bits per heavy atom. The van der Waals surface area contributed by atoms with E-state index in [2.05, 4.69) is 33.2 Å². The fourth-order valence-corrected chi connectivity index (χ4v) is 4.45. The van der Waals surface area contributed by atoms with Crippen molar-refractivity contribution in [3.63, 3.8) is 0 Å². The number of aryl methyl sites for hydroxylation is 2. The van der Waals surface area contributed by atoms with E-state index in [1.165, 1.54) is 12.3 Å². The predicted octanol–water partition coefficient (Wildman–Crippen LogP) is 3.19.